The molecular formula is C23H25Cl2N3O2. The number of hydrogen-bond donors (Lipinski definition) is 2. The fourth-order valence-corrected chi connectivity index (χ4v) is 4.96. The van der Waals surface area contributed by atoms with Crippen molar-refractivity contribution in [3.8, 4) is 0 Å². The van der Waals surface area contributed by atoms with Gasteiger partial charge in [0.05, 0.1) is 0 Å². The van der Waals surface area contributed by atoms with E-state index >= 15 is 0 Å². The summed E-state index contributed by atoms with van der Waals surface area (Å²) < 4.78 is 0. The van der Waals surface area contributed by atoms with Gasteiger partial charge in [0, 0.05) is 40.4 Å². The molecule has 2 aromatic rings. The molecule has 7 heteroatoms. The van der Waals surface area contributed by atoms with Crippen LogP contribution >= 0.6 is 23.2 Å². The van der Waals surface area contributed by atoms with Crippen molar-refractivity contribution in [1.29, 1.82) is 0 Å². The first kappa shape index (κ1) is 21.2. The fraction of sp³-hybridized carbons (Fsp3) is 0.391. The Bertz CT molecular complexity index is 905. The highest BCUT2D eigenvalue weighted by Crippen LogP contribution is 2.37. The van der Waals surface area contributed by atoms with E-state index in [0.717, 1.165) is 37.3 Å². The first-order valence-corrected chi connectivity index (χ1v) is 11.1. The highest BCUT2D eigenvalue weighted by atomic mass is 35.5. The van der Waals surface area contributed by atoms with Gasteiger partial charge in [0.2, 0.25) is 11.8 Å². The maximum Gasteiger partial charge on any atom is 0.233 e. The quantitative estimate of drug-likeness (QED) is 0.636. The molecule has 2 saturated heterocycles. The Labute approximate surface area is 186 Å². The summed E-state index contributed by atoms with van der Waals surface area (Å²) in [5.74, 6) is -0.567. The van der Waals surface area contributed by atoms with Gasteiger partial charge in [-0.2, -0.15) is 0 Å². The van der Waals surface area contributed by atoms with Gasteiger partial charge in [-0.25, -0.2) is 0 Å². The molecule has 0 spiro atoms. The molecular weight excluding hydrogens is 421 g/mol. The molecule has 30 heavy (non-hydrogen) atoms. The molecule has 2 aliphatic rings. The third-order valence-corrected chi connectivity index (χ3v) is 6.44. The SMILES string of the molecule is O=C(CC(=O)N[C@H]1C[C@H]2CC[C@@H](C1)N2Cc1ccc(Cl)cc1)Nc1cccc(Cl)c1. The summed E-state index contributed by atoms with van der Waals surface area (Å²) in [4.78, 5) is 27.1. The zero-order chi connectivity index (χ0) is 21.1. The maximum absolute atomic E-state index is 12.4. The van der Waals surface area contributed by atoms with Crippen LogP contribution in [-0.2, 0) is 16.1 Å². The van der Waals surface area contributed by atoms with Crippen LogP contribution in [0, 0.1) is 0 Å². The van der Waals surface area contributed by atoms with Gasteiger partial charge in [-0.05, 0) is 61.6 Å². The summed E-state index contributed by atoms with van der Waals surface area (Å²) in [7, 11) is 0. The van der Waals surface area contributed by atoms with Crippen molar-refractivity contribution in [1.82, 2.24) is 10.2 Å². The number of fused-ring (bicyclic) bond motifs is 2. The predicted molar refractivity (Wildman–Crippen MR) is 120 cm³/mol. The first-order valence-electron chi connectivity index (χ1n) is 10.3. The van der Waals surface area contributed by atoms with Crippen LogP contribution < -0.4 is 10.6 Å². The monoisotopic (exact) mass is 445 g/mol. The van der Waals surface area contributed by atoms with E-state index in [1.165, 1.54) is 5.56 Å². The zero-order valence-corrected chi connectivity index (χ0v) is 18.1. The predicted octanol–water partition coefficient (Wildman–Crippen LogP) is 4.63. The summed E-state index contributed by atoms with van der Waals surface area (Å²) in [5.41, 5.74) is 1.85. The van der Waals surface area contributed by atoms with Crippen LogP contribution in [0.5, 0.6) is 0 Å². The molecule has 2 amide bonds. The number of rotatable bonds is 6. The van der Waals surface area contributed by atoms with Gasteiger partial charge in [0.1, 0.15) is 6.42 Å². The second-order valence-electron chi connectivity index (χ2n) is 8.15. The van der Waals surface area contributed by atoms with E-state index in [1.54, 1.807) is 24.3 Å². The number of amides is 2. The molecule has 0 aromatic heterocycles. The second-order valence-corrected chi connectivity index (χ2v) is 9.03. The highest BCUT2D eigenvalue weighted by Gasteiger charge is 2.40. The van der Waals surface area contributed by atoms with Gasteiger partial charge in [0.25, 0.3) is 0 Å². The normalized spacial score (nSPS) is 23.2. The zero-order valence-electron chi connectivity index (χ0n) is 16.6. The lowest BCUT2D eigenvalue weighted by Crippen LogP contribution is -2.50. The van der Waals surface area contributed by atoms with Crippen LogP contribution in [0.3, 0.4) is 0 Å². The molecule has 2 N–H and O–H groups in total. The summed E-state index contributed by atoms with van der Waals surface area (Å²) >= 11 is 11.9. The molecule has 2 aromatic carbocycles. The van der Waals surface area contributed by atoms with Crippen molar-refractivity contribution in [3.05, 3.63) is 64.1 Å². The largest absolute Gasteiger partial charge is 0.353 e. The van der Waals surface area contributed by atoms with Crippen molar-refractivity contribution >= 4 is 40.7 Å². The van der Waals surface area contributed by atoms with Crippen molar-refractivity contribution in [2.45, 2.75) is 56.8 Å². The fourth-order valence-electron chi connectivity index (χ4n) is 4.65. The Balaban J connectivity index is 1.27. The molecule has 0 radical (unpaired) electrons. The Hall–Kier alpha value is -2.08. The summed E-state index contributed by atoms with van der Waals surface area (Å²) in [5, 5.41) is 7.08. The molecule has 2 heterocycles. The van der Waals surface area contributed by atoms with Gasteiger partial charge >= 0.3 is 0 Å². The lowest BCUT2D eigenvalue weighted by Gasteiger charge is -2.39. The summed E-state index contributed by atoms with van der Waals surface area (Å²) in [6.45, 7) is 0.912. The molecule has 158 valence electrons. The number of hydrogen-bond acceptors (Lipinski definition) is 3. The Morgan fingerprint density at radius 1 is 0.933 bits per heavy atom. The van der Waals surface area contributed by atoms with Crippen molar-refractivity contribution < 1.29 is 9.59 Å². The number of carbonyl (C=O) groups excluding carboxylic acids is 2. The smallest absolute Gasteiger partial charge is 0.233 e. The van der Waals surface area contributed by atoms with Crippen LogP contribution in [0.25, 0.3) is 0 Å². The lowest BCUT2D eigenvalue weighted by atomic mass is 9.96. The summed E-state index contributed by atoms with van der Waals surface area (Å²) in [6.07, 6.45) is 3.96. The molecule has 3 atom stereocenters. The molecule has 0 saturated carbocycles. The molecule has 0 unspecified atom stereocenters. The standard InChI is InChI=1S/C23H25Cl2N3O2/c24-16-6-4-15(5-7-16)14-28-20-8-9-21(28)12-19(11-20)27-23(30)13-22(29)26-18-3-1-2-17(25)10-18/h1-7,10,19-21H,8-9,11-14H2,(H,26,29)(H,27,30)/t19-,20+,21-. The van der Waals surface area contributed by atoms with Gasteiger partial charge in [-0.3, -0.25) is 14.5 Å². The van der Waals surface area contributed by atoms with E-state index in [2.05, 4.69) is 27.7 Å². The van der Waals surface area contributed by atoms with Crippen LogP contribution in [-0.4, -0.2) is 34.8 Å². The molecule has 4 rings (SSSR count). The molecule has 0 aliphatic carbocycles. The van der Waals surface area contributed by atoms with Gasteiger partial charge < -0.3 is 10.6 Å². The van der Waals surface area contributed by atoms with E-state index in [9.17, 15) is 9.59 Å². The van der Waals surface area contributed by atoms with Crippen LogP contribution in [0.1, 0.15) is 37.7 Å². The van der Waals surface area contributed by atoms with Crippen LogP contribution in [0.15, 0.2) is 48.5 Å². The number of benzene rings is 2. The van der Waals surface area contributed by atoms with Crippen LogP contribution in [0.4, 0.5) is 5.69 Å². The van der Waals surface area contributed by atoms with E-state index in [4.69, 9.17) is 23.2 Å². The number of piperidine rings is 1. The number of anilines is 1. The Morgan fingerprint density at radius 3 is 2.30 bits per heavy atom. The average Bonchev–Trinajstić information content (AvgIpc) is 2.92. The number of halogens is 2. The van der Waals surface area contributed by atoms with Crippen molar-refractivity contribution in [3.63, 3.8) is 0 Å². The maximum atomic E-state index is 12.4. The minimum Gasteiger partial charge on any atom is -0.353 e. The van der Waals surface area contributed by atoms with Gasteiger partial charge in [-0.1, -0.05) is 41.4 Å². The van der Waals surface area contributed by atoms with E-state index < -0.39 is 0 Å². The molecule has 2 fully saturated rings. The van der Waals surface area contributed by atoms with Crippen LogP contribution in [0.2, 0.25) is 10.0 Å². The Morgan fingerprint density at radius 2 is 1.63 bits per heavy atom. The minimum atomic E-state index is -0.335. The van der Waals surface area contributed by atoms with E-state index in [0.29, 0.717) is 22.8 Å². The van der Waals surface area contributed by atoms with Crippen molar-refractivity contribution in [2.75, 3.05) is 5.32 Å². The van der Waals surface area contributed by atoms with E-state index in [1.807, 2.05) is 12.1 Å². The van der Waals surface area contributed by atoms with E-state index in [-0.39, 0.29) is 24.3 Å². The molecule has 2 aliphatic heterocycles. The average molecular weight is 446 g/mol. The second kappa shape index (κ2) is 9.38. The third-order valence-electron chi connectivity index (χ3n) is 5.96. The highest BCUT2D eigenvalue weighted by molar-refractivity contribution is 6.31. The minimum absolute atomic E-state index is 0.121. The first-order chi connectivity index (χ1) is 14.5. The lowest BCUT2D eigenvalue weighted by molar-refractivity contribution is -0.127. The molecule has 2 bridgehead atoms. The van der Waals surface area contributed by atoms with Gasteiger partial charge in [-0.15, -0.1) is 0 Å². The topological polar surface area (TPSA) is 61.4 Å². The molecule has 5 nitrogen and oxygen atoms in total. The third kappa shape index (κ3) is 5.34. The van der Waals surface area contributed by atoms with Crippen molar-refractivity contribution in [2.24, 2.45) is 0 Å². The summed E-state index contributed by atoms with van der Waals surface area (Å²) in [6, 6.07) is 16.0. The number of carbonyl (C=O) groups is 2. The number of nitrogens with one attached hydrogen (secondary N) is 2. The van der Waals surface area contributed by atoms with Gasteiger partial charge in [0.15, 0.2) is 0 Å². The number of nitrogens with zero attached hydrogens (tertiary/aromatic N) is 1. The Kier molecular flexibility index (Phi) is 6.61.